The minimum absolute atomic E-state index is 0.0410. The molecule has 0 spiro atoms. The van der Waals surface area contributed by atoms with E-state index in [-0.39, 0.29) is 11.2 Å². The molecule has 2 aromatic carbocycles. The van der Waals surface area contributed by atoms with Crippen LogP contribution in [0.15, 0.2) is 66.1 Å². The largest absolute Gasteiger partial charge is 0.351 e. The number of aromatic nitrogens is 4. The Kier molecular flexibility index (Phi) is 4.53. The van der Waals surface area contributed by atoms with E-state index in [4.69, 9.17) is 0 Å². The van der Waals surface area contributed by atoms with E-state index in [1.165, 1.54) is 11.8 Å². The fraction of sp³-hybridized carbons (Fsp3) is 0.158. The maximum Gasteiger partial charge on any atom is 0.233 e. The summed E-state index contributed by atoms with van der Waals surface area (Å²) in [4.78, 5) is 21.3. The molecule has 1 amide bonds. The molecule has 1 N–H and O–H groups in total. The first kappa shape index (κ1) is 16.5. The molecule has 0 saturated heterocycles. The predicted octanol–water partition coefficient (Wildman–Crippen LogP) is 3.07. The van der Waals surface area contributed by atoms with Gasteiger partial charge in [0.1, 0.15) is 6.33 Å². The first-order valence-electron chi connectivity index (χ1n) is 8.29. The van der Waals surface area contributed by atoms with Crippen LogP contribution in [0.3, 0.4) is 0 Å². The summed E-state index contributed by atoms with van der Waals surface area (Å²) in [6.07, 6.45) is 1.65. The van der Waals surface area contributed by atoms with Crippen LogP contribution in [0.4, 0.5) is 0 Å². The number of amides is 1. The van der Waals surface area contributed by atoms with Crippen LogP contribution in [0.5, 0.6) is 0 Å². The molecule has 4 rings (SSSR count). The SMILES string of the molecule is CC(Sc1nc2c3ccccc3ncn2n1)C(=O)NCc1ccccc1. The van der Waals surface area contributed by atoms with Crippen molar-refractivity contribution >= 4 is 34.2 Å². The second kappa shape index (κ2) is 7.13. The molecule has 0 bridgehead atoms. The third-order valence-corrected chi connectivity index (χ3v) is 4.98. The zero-order valence-corrected chi connectivity index (χ0v) is 15.0. The van der Waals surface area contributed by atoms with Gasteiger partial charge in [0.25, 0.3) is 0 Å². The van der Waals surface area contributed by atoms with Crippen molar-refractivity contribution in [1.29, 1.82) is 0 Å². The number of nitrogens with zero attached hydrogens (tertiary/aromatic N) is 4. The van der Waals surface area contributed by atoms with Crippen molar-refractivity contribution in [3.05, 3.63) is 66.5 Å². The molecule has 0 aliphatic rings. The highest BCUT2D eigenvalue weighted by molar-refractivity contribution is 8.00. The van der Waals surface area contributed by atoms with Crippen LogP contribution >= 0.6 is 11.8 Å². The maximum atomic E-state index is 12.3. The lowest BCUT2D eigenvalue weighted by atomic mass is 10.2. The Morgan fingerprint density at radius 2 is 1.92 bits per heavy atom. The highest BCUT2D eigenvalue weighted by Gasteiger charge is 2.17. The molecule has 0 radical (unpaired) electrons. The van der Waals surface area contributed by atoms with Crippen LogP contribution in [-0.2, 0) is 11.3 Å². The van der Waals surface area contributed by atoms with Crippen LogP contribution in [-0.4, -0.2) is 30.7 Å². The molecule has 7 heteroatoms. The number of benzene rings is 2. The minimum Gasteiger partial charge on any atom is -0.351 e. The van der Waals surface area contributed by atoms with Gasteiger partial charge in [-0.1, -0.05) is 54.2 Å². The van der Waals surface area contributed by atoms with E-state index in [0.29, 0.717) is 11.7 Å². The summed E-state index contributed by atoms with van der Waals surface area (Å²) in [6.45, 7) is 2.37. The Bertz CT molecular complexity index is 1060. The smallest absolute Gasteiger partial charge is 0.233 e. The van der Waals surface area contributed by atoms with Gasteiger partial charge in [-0.05, 0) is 24.6 Å². The second-order valence-corrected chi connectivity index (χ2v) is 7.20. The molecular weight excluding hydrogens is 346 g/mol. The van der Waals surface area contributed by atoms with E-state index in [2.05, 4.69) is 20.4 Å². The number of nitrogens with one attached hydrogen (secondary N) is 1. The molecule has 1 unspecified atom stereocenters. The van der Waals surface area contributed by atoms with Crippen molar-refractivity contribution in [2.24, 2.45) is 0 Å². The average molecular weight is 363 g/mol. The molecule has 0 fully saturated rings. The number of carbonyl (C=O) groups excluding carboxylic acids is 1. The standard InChI is InChI=1S/C19H17N5OS/c1-13(18(25)20-11-14-7-3-2-4-8-14)26-19-22-17-15-9-5-6-10-16(15)21-12-24(17)23-19/h2-10,12-13H,11H2,1H3,(H,20,25). The number of rotatable bonds is 5. The molecule has 0 aliphatic heterocycles. The predicted molar refractivity (Wildman–Crippen MR) is 102 cm³/mol. The van der Waals surface area contributed by atoms with Crippen molar-refractivity contribution in [2.75, 3.05) is 0 Å². The Labute approximate surface area is 154 Å². The Hall–Kier alpha value is -2.93. The van der Waals surface area contributed by atoms with Crippen molar-refractivity contribution in [2.45, 2.75) is 23.9 Å². The fourth-order valence-corrected chi connectivity index (χ4v) is 3.43. The van der Waals surface area contributed by atoms with Gasteiger partial charge in [0, 0.05) is 11.9 Å². The van der Waals surface area contributed by atoms with E-state index in [0.717, 1.165) is 22.1 Å². The first-order valence-corrected chi connectivity index (χ1v) is 9.17. The van der Waals surface area contributed by atoms with Crippen LogP contribution in [0, 0.1) is 0 Å². The first-order chi connectivity index (χ1) is 12.7. The Morgan fingerprint density at radius 1 is 1.15 bits per heavy atom. The topological polar surface area (TPSA) is 72.2 Å². The van der Waals surface area contributed by atoms with E-state index in [9.17, 15) is 4.79 Å². The van der Waals surface area contributed by atoms with Crippen LogP contribution < -0.4 is 5.32 Å². The number of hydrogen-bond acceptors (Lipinski definition) is 5. The number of fused-ring (bicyclic) bond motifs is 3. The monoisotopic (exact) mass is 363 g/mol. The van der Waals surface area contributed by atoms with Crippen LogP contribution in [0.1, 0.15) is 12.5 Å². The maximum absolute atomic E-state index is 12.3. The van der Waals surface area contributed by atoms with Crippen molar-refractivity contribution in [3.8, 4) is 0 Å². The molecule has 6 nitrogen and oxygen atoms in total. The number of thioether (sulfide) groups is 1. The molecule has 2 aromatic heterocycles. The molecule has 26 heavy (non-hydrogen) atoms. The van der Waals surface area contributed by atoms with Gasteiger partial charge in [0.05, 0.1) is 10.8 Å². The Morgan fingerprint density at radius 3 is 2.77 bits per heavy atom. The lowest BCUT2D eigenvalue weighted by molar-refractivity contribution is -0.120. The summed E-state index contributed by atoms with van der Waals surface area (Å²) in [6, 6.07) is 17.6. The summed E-state index contributed by atoms with van der Waals surface area (Å²) in [7, 11) is 0. The zero-order valence-electron chi connectivity index (χ0n) is 14.2. The van der Waals surface area contributed by atoms with Crippen LogP contribution in [0.2, 0.25) is 0 Å². The zero-order chi connectivity index (χ0) is 17.9. The number of para-hydroxylation sites is 1. The van der Waals surface area contributed by atoms with Gasteiger partial charge in [0.15, 0.2) is 5.65 Å². The third-order valence-electron chi connectivity index (χ3n) is 4.02. The van der Waals surface area contributed by atoms with Crippen molar-refractivity contribution < 1.29 is 4.79 Å². The molecule has 2 heterocycles. The lowest BCUT2D eigenvalue weighted by Crippen LogP contribution is -2.30. The molecule has 0 saturated carbocycles. The van der Waals surface area contributed by atoms with Crippen molar-refractivity contribution in [3.63, 3.8) is 0 Å². The van der Waals surface area contributed by atoms with E-state index >= 15 is 0 Å². The average Bonchev–Trinajstić information content (AvgIpc) is 3.10. The summed E-state index contributed by atoms with van der Waals surface area (Å²) in [5.41, 5.74) is 2.69. The molecule has 1 atom stereocenters. The van der Waals surface area contributed by atoms with Gasteiger partial charge >= 0.3 is 0 Å². The third kappa shape index (κ3) is 3.39. The van der Waals surface area contributed by atoms with Crippen LogP contribution in [0.25, 0.3) is 16.6 Å². The highest BCUT2D eigenvalue weighted by atomic mass is 32.2. The Balaban J connectivity index is 1.47. The molecule has 4 aromatic rings. The number of carbonyl (C=O) groups is 1. The normalized spacial score (nSPS) is 12.3. The van der Waals surface area contributed by atoms with E-state index < -0.39 is 0 Å². The number of hydrogen-bond donors (Lipinski definition) is 1. The quantitative estimate of drug-likeness (QED) is 0.552. The second-order valence-electron chi connectivity index (χ2n) is 5.89. The van der Waals surface area contributed by atoms with E-state index in [1.54, 1.807) is 10.8 Å². The van der Waals surface area contributed by atoms with Gasteiger partial charge in [-0.25, -0.2) is 14.5 Å². The molecular formula is C19H17N5OS. The van der Waals surface area contributed by atoms with Gasteiger partial charge in [-0.2, -0.15) is 0 Å². The lowest BCUT2D eigenvalue weighted by Gasteiger charge is -2.10. The molecule has 130 valence electrons. The van der Waals surface area contributed by atoms with Gasteiger partial charge in [0.2, 0.25) is 11.1 Å². The summed E-state index contributed by atoms with van der Waals surface area (Å²) in [5, 5.41) is 8.58. The van der Waals surface area contributed by atoms with Gasteiger partial charge in [-0.3, -0.25) is 4.79 Å². The summed E-state index contributed by atoms with van der Waals surface area (Å²) >= 11 is 1.34. The summed E-state index contributed by atoms with van der Waals surface area (Å²) in [5.74, 6) is -0.0410. The van der Waals surface area contributed by atoms with Gasteiger partial charge < -0.3 is 5.32 Å². The van der Waals surface area contributed by atoms with Gasteiger partial charge in [-0.15, -0.1) is 5.10 Å². The minimum atomic E-state index is -0.296. The fourth-order valence-electron chi connectivity index (χ4n) is 2.65. The summed E-state index contributed by atoms with van der Waals surface area (Å²) < 4.78 is 1.65. The highest BCUT2D eigenvalue weighted by Crippen LogP contribution is 2.23. The van der Waals surface area contributed by atoms with Crippen molar-refractivity contribution in [1.82, 2.24) is 24.9 Å². The molecule has 0 aliphatic carbocycles. The van der Waals surface area contributed by atoms with E-state index in [1.807, 2.05) is 61.5 Å².